The Labute approximate surface area is 497 Å². The summed E-state index contributed by atoms with van der Waals surface area (Å²) < 4.78 is 32.0. The predicted octanol–water partition coefficient (Wildman–Crippen LogP) is 3.74. The Morgan fingerprint density at radius 3 is 1.55 bits per heavy atom. The molecule has 2 unspecified atom stereocenters. The number of aliphatic hydroxyl groups is 3. The van der Waals surface area contributed by atoms with Gasteiger partial charge in [0.2, 0.25) is 5.65 Å². The fourth-order valence-corrected chi connectivity index (χ4v) is 8.95. The molecule has 83 heavy (non-hydrogen) atoms. The molecule has 2 aliphatic heterocycles. The third-order valence-electron chi connectivity index (χ3n) is 12.9. The summed E-state index contributed by atoms with van der Waals surface area (Å²) in [4.78, 5) is 115. The summed E-state index contributed by atoms with van der Waals surface area (Å²) in [5.41, 5.74) is 5.29. The van der Waals surface area contributed by atoms with E-state index >= 15 is 0 Å². The van der Waals surface area contributed by atoms with Gasteiger partial charge in [-0.3, -0.25) is 23.7 Å². The molecular formula is C55H45ArN11O16. The number of nitro groups is 1. The molecular weight excluding hydrogens is 1110 g/mol. The number of benzene rings is 5. The van der Waals surface area contributed by atoms with Crippen molar-refractivity contribution < 1.29 is 106 Å². The average molecular weight is 1160 g/mol. The Bertz CT molecular complexity index is 3830. The van der Waals surface area contributed by atoms with Gasteiger partial charge in [0.1, 0.15) is 48.7 Å². The van der Waals surface area contributed by atoms with Gasteiger partial charge < -0.3 is 54.9 Å². The van der Waals surface area contributed by atoms with Crippen molar-refractivity contribution in [1.82, 2.24) is 39.0 Å². The van der Waals surface area contributed by atoms with Gasteiger partial charge in [-0.05, 0) is 75.6 Å². The van der Waals surface area contributed by atoms with Crippen molar-refractivity contribution in [3.05, 3.63) is 213 Å². The van der Waals surface area contributed by atoms with Gasteiger partial charge in [-0.25, -0.2) is 34.0 Å². The second kappa shape index (κ2) is 25.7. The molecule has 4 aromatic heterocycles. The number of nitrogen functional groups attached to an aromatic ring is 1. The van der Waals surface area contributed by atoms with Crippen LogP contribution in [0.1, 0.15) is 64.2 Å². The Kier molecular flexibility index (Phi) is 18.1. The average Bonchev–Trinajstić information content (AvgIpc) is 4.04. The van der Waals surface area contributed by atoms with Crippen molar-refractivity contribution >= 4 is 69.6 Å². The molecule has 2 aliphatic rings. The minimum Gasteiger partial charge on any atom is -0.459 e. The number of hydrogen-bond donors (Lipinski definition) is 5. The van der Waals surface area contributed by atoms with Gasteiger partial charge in [0.15, 0.2) is 35.8 Å². The molecule has 0 saturated carbocycles. The molecule has 5 aromatic carbocycles. The second-order valence-electron chi connectivity index (χ2n) is 18.1. The van der Waals surface area contributed by atoms with Crippen molar-refractivity contribution in [2.24, 2.45) is 0 Å². The molecule has 0 radical (unpaired) electrons. The Morgan fingerprint density at radius 2 is 1.06 bits per heavy atom. The molecule has 6 heterocycles. The number of imide groups is 1. The maximum atomic E-state index is 14.3. The minimum absolute atomic E-state index is 0. The van der Waals surface area contributed by atoms with Crippen molar-refractivity contribution in [3.63, 3.8) is 0 Å². The second-order valence-corrected chi connectivity index (χ2v) is 18.1. The Hall–Kier alpha value is -9.19. The first kappa shape index (κ1) is 58.5. The van der Waals surface area contributed by atoms with Gasteiger partial charge in [0.05, 0.1) is 29.6 Å². The number of nitrogens with one attached hydrogen (secondary N) is 1. The molecule has 0 spiro atoms. The van der Waals surface area contributed by atoms with Crippen LogP contribution in [-0.4, -0.2) is 139 Å². The number of nitrogens with zero attached hydrogens (tertiary/aromatic N) is 9. The van der Waals surface area contributed by atoms with Crippen LogP contribution < -0.4 is 16.3 Å². The number of amides is 2. The molecule has 28 heteroatoms. The van der Waals surface area contributed by atoms with Crippen molar-refractivity contribution in [2.75, 3.05) is 23.8 Å². The fourth-order valence-electron chi connectivity index (χ4n) is 8.95. The molecule has 9 aromatic rings. The van der Waals surface area contributed by atoms with Crippen LogP contribution in [0.4, 0.5) is 17.6 Å². The topological polar surface area (TPSA) is 372 Å². The molecule has 2 amide bonds. The first-order chi connectivity index (χ1) is 39.7. The van der Waals surface area contributed by atoms with Gasteiger partial charge in [-0.15, -0.1) is 0 Å². The number of carbonyl (C=O) groups is 5. The quantitative estimate of drug-likeness (QED) is 0.0340. The van der Waals surface area contributed by atoms with E-state index < -0.39 is 114 Å². The van der Waals surface area contributed by atoms with E-state index in [9.17, 15) is 49.1 Å². The van der Waals surface area contributed by atoms with Crippen LogP contribution in [0.3, 0.4) is 0 Å². The normalized spacial score (nSPS) is 19.8. The number of nitrogens with two attached hydrogens (primary N) is 1. The van der Waals surface area contributed by atoms with E-state index in [1.54, 1.807) is 91.0 Å². The number of aliphatic hydroxyl groups excluding tert-OH is 3. The third kappa shape index (κ3) is 12.4. The van der Waals surface area contributed by atoms with Crippen molar-refractivity contribution in [1.29, 1.82) is 0 Å². The van der Waals surface area contributed by atoms with Gasteiger partial charge in [0, 0.05) is 48.9 Å². The summed E-state index contributed by atoms with van der Waals surface area (Å²) >= 11 is 0. The van der Waals surface area contributed by atoms with Crippen LogP contribution in [-0.2, 0) is 23.7 Å². The number of fused-ring (bicyclic) bond motifs is 2. The summed E-state index contributed by atoms with van der Waals surface area (Å²) in [7, 11) is 0. The number of rotatable bonds is 14. The van der Waals surface area contributed by atoms with E-state index in [2.05, 4.69) is 29.9 Å². The van der Waals surface area contributed by atoms with E-state index in [0.717, 1.165) is 10.9 Å². The predicted molar refractivity (Wildman–Crippen MR) is 283 cm³/mol. The molecule has 8 atom stereocenters. The third-order valence-corrected chi connectivity index (χ3v) is 12.9. The monoisotopic (exact) mass is 1160 g/mol. The first-order valence-corrected chi connectivity index (χ1v) is 24.8. The number of H-pyrrole nitrogens is 1. The SMILES string of the molecule is Nc1[nH]c(=O)nc2c1ncn2[C@@H]1O[C@H](CO)C(O)[C@@H]1O.O=C(OC[C@H]1O[C@@H](n2cnc3c(N(C(=O)c4ccccc4)C(=O)c4ccccc4)nc([N+](=O)[O-])nc32)[C@@H](OC(=O)c2ccccc2)C1OC(=O)c1ccccc1)c1ccccc1.[Ar]. The van der Waals surface area contributed by atoms with E-state index in [0.29, 0.717) is 4.90 Å². The Balaban J connectivity index is 0.000000331. The van der Waals surface area contributed by atoms with E-state index in [-0.39, 0.29) is 93.7 Å². The standard InChI is InChI=1S/C45H32N6O11.C10H13N5O5.Ar/c52-39(28-16-6-1-7-17-28)50(40(53)29-18-8-2-9-19-29)38-34-37(47-45(48-38)51(57)58)49(27-46-34)41-36(62-44(56)32-24-14-5-15-25-32)35(61-43(55)31-22-12-4-13-23-31)33(60-41)26-59-42(54)30-20-10-3-11-21-30;11-7-4-8(14-10(19)13-7)15(2-12-4)9-6(18)5(17)3(1-16)20-9;/h1-25,27,33,35-36,41H,26H2;2-3,5-6,9,16-18H,1H2,(H3,11,13,14,19);/t33-,35?,36+,41-;3-,5?,6+,9-;/m11./s1. The van der Waals surface area contributed by atoms with E-state index in [1.807, 2.05) is 0 Å². The number of aromatic amines is 1. The van der Waals surface area contributed by atoms with E-state index in [1.165, 1.54) is 71.6 Å². The number of hydrogen-bond acceptors (Lipinski definition) is 22. The minimum atomic E-state index is -1.57. The molecule has 11 rings (SSSR count). The van der Waals surface area contributed by atoms with Gasteiger partial charge in [-0.1, -0.05) is 91.0 Å². The zero-order valence-corrected chi connectivity index (χ0v) is 43.4. The fraction of sp³-hybridized carbons (Fsp3) is 0.182. The number of imidazole rings is 2. The maximum Gasteiger partial charge on any atom is 0.473 e. The van der Waals surface area contributed by atoms with Crippen LogP contribution in [0, 0.1) is 47.9 Å². The van der Waals surface area contributed by atoms with Crippen molar-refractivity contribution in [2.45, 2.75) is 49.1 Å². The number of carbonyl (C=O) groups excluding carboxylic acids is 5. The van der Waals surface area contributed by atoms with Gasteiger partial charge in [0.25, 0.3) is 17.6 Å². The molecule has 0 aliphatic carbocycles. The number of anilines is 2. The van der Waals surface area contributed by atoms with Crippen molar-refractivity contribution in [3.8, 4) is 0 Å². The molecule has 6 N–H and O–H groups in total. The van der Waals surface area contributed by atoms with Crippen LogP contribution in [0.15, 0.2) is 169 Å². The molecule has 2 saturated heterocycles. The zero-order valence-electron chi connectivity index (χ0n) is 42.7. The maximum absolute atomic E-state index is 14.3. The number of ether oxygens (including phenoxy) is 5. The van der Waals surface area contributed by atoms with Gasteiger partial charge in [-0.2, -0.15) is 4.98 Å². The van der Waals surface area contributed by atoms with Crippen LogP contribution in [0.5, 0.6) is 0 Å². The van der Waals surface area contributed by atoms with Crippen LogP contribution in [0.2, 0.25) is 0 Å². The summed E-state index contributed by atoms with van der Waals surface area (Å²) in [6, 6.07) is 39.4. The first-order valence-electron chi connectivity index (χ1n) is 24.8. The number of esters is 3. The summed E-state index contributed by atoms with van der Waals surface area (Å²) in [5, 5.41) is 41.2. The zero-order chi connectivity index (χ0) is 57.6. The molecule has 27 nitrogen and oxygen atoms in total. The summed E-state index contributed by atoms with van der Waals surface area (Å²) in [5.74, 6) is -5.75. The molecule has 2 fully saturated rings. The molecule has 0 bridgehead atoms. The van der Waals surface area contributed by atoms with Gasteiger partial charge >= 0.3 is 29.5 Å². The molecule has 424 valence electrons. The summed E-state index contributed by atoms with van der Waals surface area (Å²) in [6.45, 7) is -0.980. The van der Waals surface area contributed by atoms with Crippen LogP contribution >= 0.6 is 0 Å². The Morgan fingerprint density at radius 1 is 0.614 bits per heavy atom. The summed E-state index contributed by atoms with van der Waals surface area (Å²) in [6.07, 6.45) is -7.99. The van der Waals surface area contributed by atoms with Crippen LogP contribution in [0.25, 0.3) is 22.3 Å². The largest absolute Gasteiger partial charge is 0.473 e. The number of aromatic nitrogens is 8. The smallest absolute Gasteiger partial charge is 0.459 e. The van der Waals surface area contributed by atoms with E-state index in [4.69, 9.17) is 34.5 Å².